The molecule has 1 atom stereocenters. The first-order valence-corrected chi connectivity index (χ1v) is 9.19. The Morgan fingerprint density at radius 3 is 2.38 bits per heavy atom. The molecular formula is C21H26FN3O. The quantitative estimate of drug-likeness (QED) is 0.892. The summed E-state index contributed by atoms with van der Waals surface area (Å²) in [6, 6.07) is 16.9. The van der Waals surface area contributed by atoms with E-state index in [0.717, 1.165) is 30.8 Å². The maximum absolute atomic E-state index is 13.7. The van der Waals surface area contributed by atoms with Crippen molar-refractivity contribution in [2.45, 2.75) is 19.4 Å². The molecule has 1 unspecified atom stereocenters. The number of carbonyl (C=O) groups is 1. The van der Waals surface area contributed by atoms with Gasteiger partial charge in [-0.2, -0.15) is 0 Å². The van der Waals surface area contributed by atoms with E-state index in [1.54, 1.807) is 6.07 Å². The molecule has 0 aromatic heterocycles. The van der Waals surface area contributed by atoms with Crippen molar-refractivity contribution < 1.29 is 9.18 Å². The van der Waals surface area contributed by atoms with E-state index in [2.05, 4.69) is 10.2 Å². The van der Waals surface area contributed by atoms with E-state index in [4.69, 9.17) is 0 Å². The van der Waals surface area contributed by atoms with Gasteiger partial charge in [0.25, 0.3) is 0 Å². The highest BCUT2D eigenvalue weighted by Gasteiger charge is 2.22. The van der Waals surface area contributed by atoms with Crippen LogP contribution in [0, 0.1) is 5.82 Å². The number of amides is 2. The molecule has 2 aromatic carbocycles. The smallest absolute Gasteiger partial charge is 0.317 e. The van der Waals surface area contributed by atoms with Crippen LogP contribution >= 0.6 is 0 Å². The summed E-state index contributed by atoms with van der Waals surface area (Å²) in [5, 5.41) is 3.06. The Balaban J connectivity index is 1.43. The minimum absolute atomic E-state index is 0.0113. The van der Waals surface area contributed by atoms with Gasteiger partial charge in [-0.3, -0.25) is 4.90 Å². The highest BCUT2D eigenvalue weighted by molar-refractivity contribution is 5.74. The molecule has 1 aliphatic rings. The maximum Gasteiger partial charge on any atom is 0.317 e. The zero-order valence-corrected chi connectivity index (χ0v) is 15.2. The van der Waals surface area contributed by atoms with Crippen LogP contribution in [0.15, 0.2) is 54.6 Å². The van der Waals surface area contributed by atoms with E-state index >= 15 is 0 Å². The molecule has 0 radical (unpaired) electrons. The minimum atomic E-state index is -0.139. The average molecular weight is 355 g/mol. The third-order valence-electron chi connectivity index (χ3n) is 4.95. The third kappa shape index (κ3) is 4.82. The summed E-state index contributed by atoms with van der Waals surface area (Å²) in [6.45, 7) is 5.85. The Morgan fingerprint density at radius 2 is 1.69 bits per heavy atom. The molecule has 2 amide bonds. The van der Waals surface area contributed by atoms with Crippen molar-refractivity contribution in [2.75, 3.05) is 32.7 Å². The standard InChI is InChI=1S/C21H26FN3O/c1-17(18-7-3-2-4-8-18)23-21(26)25-15-13-24(14-16-25)12-11-19-9-5-6-10-20(19)22/h2-10,17H,11-16H2,1H3,(H,23,26). The van der Waals surface area contributed by atoms with Gasteiger partial charge in [-0.15, -0.1) is 0 Å². The molecule has 2 aromatic rings. The number of piperazine rings is 1. The van der Waals surface area contributed by atoms with Crippen LogP contribution in [0.3, 0.4) is 0 Å². The van der Waals surface area contributed by atoms with E-state index in [1.165, 1.54) is 6.07 Å². The summed E-state index contributed by atoms with van der Waals surface area (Å²) < 4.78 is 13.7. The maximum atomic E-state index is 13.7. The highest BCUT2D eigenvalue weighted by Crippen LogP contribution is 2.13. The molecule has 3 rings (SSSR count). The molecular weight excluding hydrogens is 329 g/mol. The number of hydrogen-bond donors (Lipinski definition) is 1. The fraction of sp³-hybridized carbons (Fsp3) is 0.381. The summed E-state index contributed by atoms with van der Waals surface area (Å²) in [4.78, 5) is 16.6. The fourth-order valence-corrected chi connectivity index (χ4v) is 3.26. The first-order chi connectivity index (χ1) is 12.6. The molecule has 0 aliphatic carbocycles. The number of nitrogens with one attached hydrogen (secondary N) is 1. The van der Waals surface area contributed by atoms with Gasteiger partial charge in [-0.05, 0) is 30.5 Å². The van der Waals surface area contributed by atoms with Crippen LogP contribution in [0.4, 0.5) is 9.18 Å². The lowest BCUT2D eigenvalue weighted by atomic mass is 10.1. The normalized spacial score (nSPS) is 16.3. The second-order valence-electron chi connectivity index (χ2n) is 6.75. The van der Waals surface area contributed by atoms with Crippen LogP contribution in [-0.4, -0.2) is 48.6 Å². The Labute approximate surface area is 154 Å². The predicted molar refractivity (Wildman–Crippen MR) is 102 cm³/mol. The van der Waals surface area contributed by atoms with Gasteiger partial charge in [-0.1, -0.05) is 48.5 Å². The molecule has 26 heavy (non-hydrogen) atoms. The van der Waals surface area contributed by atoms with E-state index < -0.39 is 0 Å². The molecule has 0 bridgehead atoms. The summed E-state index contributed by atoms with van der Waals surface area (Å²) in [7, 11) is 0. The van der Waals surface area contributed by atoms with Crippen molar-refractivity contribution in [3.8, 4) is 0 Å². The van der Waals surface area contributed by atoms with Crippen molar-refractivity contribution in [1.29, 1.82) is 0 Å². The van der Waals surface area contributed by atoms with Crippen molar-refractivity contribution in [3.63, 3.8) is 0 Å². The molecule has 5 heteroatoms. The topological polar surface area (TPSA) is 35.6 Å². The Kier molecular flexibility index (Phi) is 6.23. The van der Waals surface area contributed by atoms with Crippen molar-refractivity contribution in [3.05, 3.63) is 71.5 Å². The molecule has 1 saturated heterocycles. The fourth-order valence-electron chi connectivity index (χ4n) is 3.26. The molecule has 1 fully saturated rings. The number of urea groups is 1. The van der Waals surface area contributed by atoms with Crippen LogP contribution in [0.2, 0.25) is 0 Å². The molecule has 1 aliphatic heterocycles. The van der Waals surface area contributed by atoms with Gasteiger partial charge in [-0.25, -0.2) is 9.18 Å². The van der Waals surface area contributed by atoms with E-state index in [1.807, 2.05) is 54.3 Å². The second kappa shape index (κ2) is 8.81. The number of benzene rings is 2. The Hall–Kier alpha value is -2.40. The lowest BCUT2D eigenvalue weighted by Crippen LogP contribution is -2.52. The monoisotopic (exact) mass is 355 g/mol. The molecule has 138 valence electrons. The molecule has 4 nitrogen and oxygen atoms in total. The van der Waals surface area contributed by atoms with E-state index in [-0.39, 0.29) is 17.9 Å². The molecule has 1 N–H and O–H groups in total. The summed E-state index contributed by atoms with van der Waals surface area (Å²) >= 11 is 0. The Morgan fingerprint density at radius 1 is 1.04 bits per heavy atom. The lowest BCUT2D eigenvalue weighted by Gasteiger charge is -2.35. The number of hydrogen-bond acceptors (Lipinski definition) is 2. The summed E-state index contributed by atoms with van der Waals surface area (Å²) in [6.07, 6.45) is 0.698. The number of carbonyl (C=O) groups excluding carboxylic acids is 1. The predicted octanol–water partition coefficient (Wildman–Crippen LogP) is 3.46. The van der Waals surface area contributed by atoms with Crippen LogP contribution in [0.25, 0.3) is 0 Å². The lowest BCUT2D eigenvalue weighted by molar-refractivity contribution is 0.138. The largest absolute Gasteiger partial charge is 0.331 e. The second-order valence-corrected chi connectivity index (χ2v) is 6.75. The number of halogens is 1. The molecule has 0 spiro atoms. The minimum Gasteiger partial charge on any atom is -0.331 e. The van der Waals surface area contributed by atoms with Gasteiger partial charge in [0.2, 0.25) is 0 Å². The number of rotatable bonds is 5. The van der Waals surface area contributed by atoms with Gasteiger partial charge < -0.3 is 10.2 Å². The van der Waals surface area contributed by atoms with Gasteiger partial charge >= 0.3 is 6.03 Å². The molecule has 0 saturated carbocycles. The van der Waals surface area contributed by atoms with Crippen molar-refractivity contribution in [1.82, 2.24) is 15.1 Å². The highest BCUT2D eigenvalue weighted by atomic mass is 19.1. The summed E-state index contributed by atoms with van der Waals surface area (Å²) in [5.41, 5.74) is 1.86. The Bertz CT molecular complexity index is 714. The zero-order chi connectivity index (χ0) is 18.4. The van der Waals surface area contributed by atoms with Crippen LogP contribution < -0.4 is 5.32 Å². The van der Waals surface area contributed by atoms with Crippen molar-refractivity contribution >= 4 is 6.03 Å². The molecule has 1 heterocycles. The van der Waals surface area contributed by atoms with Crippen LogP contribution in [-0.2, 0) is 6.42 Å². The SMILES string of the molecule is CC(NC(=O)N1CCN(CCc2ccccc2F)CC1)c1ccccc1. The first-order valence-electron chi connectivity index (χ1n) is 9.19. The van der Waals surface area contributed by atoms with E-state index in [0.29, 0.717) is 19.5 Å². The number of nitrogens with zero attached hydrogens (tertiary/aromatic N) is 2. The van der Waals surface area contributed by atoms with Gasteiger partial charge in [0.05, 0.1) is 6.04 Å². The van der Waals surface area contributed by atoms with Gasteiger partial charge in [0.15, 0.2) is 0 Å². The van der Waals surface area contributed by atoms with Crippen LogP contribution in [0.1, 0.15) is 24.1 Å². The van der Waals surface area contributed by atoms with Crippen LogP contribution in [0.5, 0.6) is 0 Å². The van der Waals surface area contributed by atoms with Crippen molar-refractivity contribution in [2.24, 2.45) is 0 Å². The average Bonchev–Trinajstić information content (AvgIpc) is 2.68. The summed E-state index contributed by atoms with van der Waals surface area (Å²) in [5.74, 6) is -0.139. The third-order valence-corrected chi connectivity index (χ3v) is 4.95. The van der Waals surface area contributed by atoms with E-state index in [9.17, 15) is 9.18 Å². The zero-order valence-electron chi connectivity index (χ0n) is 15.2. The first kappa shape index (κ1) is 18.4. The van der Waals surface area contributed by atoms with Gasteiger partial charge in [0.1, 0.15) is 5.82 Å². The van der Waals surface area contributed by atoms with Gasteiger partial charge in [0, 0.05) is 32.7 Å².